The third-order valence-corrected chi connectivity index (χ3v) is 5.15. The van der Waals surface area contributed by atoms with Gasteiger partial charge < -0.3 is 19.5 Å². The van der Waals surface area contributed by atoms with Gasteiger partial charge >= 0.3 is 0 Å². The van der Waals surface area contributed by atoms with E-state index < -0.39 is 6.10 Å². The zero-order chi connectivity index (χ0) is 14.6. The summed E-state index contributed by atoms with van der Waals surface area (Å²) in [7, 11) is 3.84. The molecule has 2 heterocycles. The Kier molecular flexibility index (Phi) is 2.81. The van der Waals surface area contributed by atoms with Crippen LogP contribution in [-0.4, -0.2) is 42.9 Å². The smallest absolute Gasteiger partial charge is 0.166 e. The van der Waals surface area contributed by atoms with Crippen LogP contribution in [0.25, 0.3) is 0 Å². The van der Waals surface area contributed by atoms with Gasteiger partial charge in [-0.3, -0.25) is 0 Å². The molecule has 0 amide bonds. The summed E-state index contributed by atoms with van der Waals surface area (Å²) >= 11 is 0. The lowest BCUT2D eigenvalue weighted by Gasteiger charge is -2.35. The molecule has 1 spiro atoms. The van der Waals surface area contributed by atoms with Crippen LogP contribution >= 0.6 is 0 Å². The Hall–Kier alpha value is -1.52. The van der Waals surface area contributed by atoms with E-state index in [0.29, 0.717) is 6.42 Å². The quantitative estimate of drug-likeness (QED) is 0.800. The normalized spacial score (nSPS) is 33.9. The molecule has 21 heavy (non-hydrogen) atoms. The van der Waals surface area contributed by atoms with Crippen molar-refractivity contribution in [1.82, 2.24) is 4.90 Å². The molecular weight excluding hydrogens is 265 g/mol. The van der Waals surface area contributed by atoms with E-state index in [1.807, 2.05) is 12.1 Å². The first-order valence-electron chi connectivity index (χ1n) is 7.57. The summed E-state index contributed by atoms with van der Waals surface area (Å²) in [6.45, 7) is 1.96. The van der Waals surface area contributed by atoms with Crippen molar-refractivity contribution in [2.75, 3.05) is 20.7 Å². The third kappa shape index (κ3) is 1.75. The maximum atomic E-state index is 9.97. The van der Waals surface area contributed by atoms with E-state index in [-0.39, 0.29) is 11.5 Å². The van der Waals surface area contributed by atoms with Crippen molar-refractivity contribution in [2.45, 2.75) is 37.0 Å². The fraction of sp³-hybridized carbons (Fsp3) is 0.529. The van der Waals surface area contributed by atoms with Gasteiger partial charge in [0.2, 0.25) is 0 Å². The maximum absolute atomic E-state index is 9.97. The second kappa shape index (κ2) is 4.49. The lowest BCUT2D eigenvalue weighted by molar-refractivity contribution is 0.0821. The highest BCUT2D eigenvalue weighted by Gasteiger charge is 2.52. The molecule has 0 unspecified atom stereocenters. The molecule has 0 fully saturated rings. The molecule has 112 valence electrons. The molecule has 4 nitrogen and oxygen atoms in total. The van der Waals surface area contributed by atoms with Gasteiger partial charge in [-0.05, 0) is 31.6 Å². The number of rotatable bonds is 1. The SMILES string of the molecule is COc1ccc2c3c1O[C@H]1C[C@@H](O)C=C[C@]31CCN([11CH3])C2. The highest BCUT2D eigenvalue weighted by atomic mass is 16.5. The predicted octanol–water partition coefficient (Wildman–Crippen LogP) is 1.85. The molecule has 4 rings (SSSR count). The van der Waals surface area contributed by atoms with Crippen LogP contribution in [0.15, 0.2) is 24.3 Å². The monoisotopic (exact) mass is 286 g/mol. The van der Waals surface area contributed by atoms with E-state index in [1.54, 1.807) is 7.11 Å². The van der Waals surface area contributed by atoms with E-state index in [9.17, 15) is 5.11 Å². The Morgan fingerprint density at radius 1 is 1.43 bits per heavy atom. The summed E-state index contributed by atoms with van der Waals surface area (Å²) in [5, 5.41) is 9.97. The van der Waals surface area contributed by atoms with E-state index in [2.05, 4.69) is 24.1 Å². The van der Waals surface area contributed by atoms with Crippen LogP contribution in [0.1, 0.15) is 24.0 Å². The van der Waals surface area contributed by atoms with Gasteiger partial charge in [0, 0.05) is 18.5 Å². The molecule has 0 saturated carbocycles. The Morgan fingerprint density at radius 2 is 2.29 bits per heavy atom. The van der Waals surface area contributed by atoms with Crippen molar-refractivity contribution < 1.29 is 14.6 Å². The van der Waals surface area contributed by atoms with Crippen LogP contribution in [-0.2, 0) is 12.0 Å². The fourth-order valence-electron chi connectivity index (χ4n) is 4.08. The fourth-order valence-corrected chi connectivity index (χ4v) is 4.08. The van der Waals surface area contributed by atoms with Crippen molar-refractivity contribution in [3.63, 3.8) is 0 Å². The first-order valence-corrected chi connectivity index (χ1v) is 7.57. The number of hydrogen-bond acceptors (Lipinski definition) is 4. The standard InChI is InChI=1S/C17H21NO3/c1-18-8-7-17-6-5-12(19)9-14(17)21-16-13(20-2)4-3-11(10-18)15(16)17/h3-6,12,14,19H,7-10H2,1-2H3/t12-,14-,17+/m0/s1/i1-1. The summed E-state index contributed by atoms with van der Waals surface area (Å²) in [4.78, 5) is 2.35. The predicted molar refractivity (Wildman–Crippen MR) is 79.8 cm³/mol. The first-order chi connectivity index (χ1) is 10.1. The molecule has 1 N–H and O–H groups in total. The van der Waals surface area contributed by atoms with Crippen molar-refractivity contribution >= 4 is 0 Å². The number of nitrogens with zero attached hydrogens (tertiary/aromatic N) is 1. The largest absolute Gasteiger partial charge is 0.493 e. The molecule has 0 bridgehead atoms. The van der Waals surface area contributed by atoms with E-state index in [4.69, 9.17) is 9.47 Å². The molecular formula is C17H21NO3. The van der Waals surface area contributed by atoms with Crippen molar-refractivity contribution in [1.29, 1.82) is 0 Å². The Bertz CT molecular complexity index is 612. The van der Waals surface area contributed by atoms with Gasteiger partial charge in [-0.15, -0.1) is 0 Å². The third-order valence-electron chi connectivity index (χ3n) is 5.15. The molecule has 4 heteroatoms. The van der Waals surface area contributed by atoms with Gasteiger partial charge in [0.05, 0.1) is 18.6 Å². The second-order valence-electron chi connectivity index (χ2n) is 6.43. The zero-order valence-electron chi connectivity index (χ0n) is 12.5. The van der Waals surface area contributed by atoms with Crippen molar-refractivity contribution in [3.05, 3.63) is 35.4 Å². The van der Waals surface area contributed by atoms with Crippen molar-refractivity contribution in [3.8, 4) is 11.5 Å². The summed E-state index contributed by atoms with van der Waals surface area (Å²) < 4.78 is 11.8. The lowest BCUT2D eigenvalue weighted by Crippen LogP contribution is -2.42. The average Bonchev–Trinajstić information content (AvgIpc) is 2.72. The van der Waals surface area contributed by atoms with Crippen LogP contribution in [0.5, 0.6) is 11.5 Å². The Labute approximate surface area is 125 Å². The number of aliphatic hydroxyl groups excluding tert-OH is 1. The second-order valence-corrected chi connectivity index (χ2v) is 6.43. The number of methoxy groups -OCH3 is 1. The van der Waals surface area contributed by atoms with Crippen LogP contribution in [0.2, 0.25) is 0 Å². The minimum atomic E-state index is -0.412. The van der Waals surface area contributed by atoms with E-state index >= 15 is 0 Å². The first kappa shape index (κ1) is 13.2. The molecule has 1 aromatic rings. The number of hydrogen-bond donors (Lipinski definition) is 1. The molecule has 0 aromatic heterocycles. The Balaban J connectivity index is 1.95. The molecule has 1 aliphatic carbocycles. The highest BCUT2D eigenvalue weighted by molar-refractivity contribution is 5.60. The maximum Gasteiger partial charge on any atom is 0.166 e. The van der Waals surface area contributed by atoms with Gasteiger partial charge in [0.15, 0.2) is 11.5 Å². The summed E-state index contributed by atoms with van der Waals surface area (Å²) in [5.41, 5.74) is 2.48. The summed E-state index contributed by atoms with van der Waals surface area (Å²) in [6, 6.07) is 4.16. The summed E-state index contributed by atoms with van der Waals surface area (Å²) in [5.74, 6) is 1.68. The van der Waals surface area contributed by atoms with E-state index in [0.717, 1.165) is 31.0 Å². The van der Waals surface area contributed by atoms with Gasteiger partial charge in [-0.2, -0.15) is 0 Å². The van der Waals surface area contributed by atoms with Crippen molar-refractivity contribution in [2.24, 2.45) is 0 Å². The molecule has 1 aromatic carbocycles. The minimum Gasteiger partial charge on any atom is -0.493 e. The lowest BCUT2D eigenvalue weighted by atomic mass is 9.69. The molecule has 0 radical (unpaired) electrons. The van der Waals surface area contributed by atoms with Crippen LogP contribution in [0.4, 0.5) is 0 Å². The zero-order valence-corrected chi connectivity index (χ0v) is 12.5. The molecule has 2 aliphatic heterocycles. The average molecular weight is 286 g/mol. The van der Waals surface area contributed by atoms with Crippen LogP contribution < -0.4 is 9.47 Å². The highest BCUT2D eigenvalue weighted by Crippen LogP contribution is 2.55. The van der Waals surface area contributed by atoms with Gasteiger partial charge in [0.25, 0.3) is 0 Å². The van der Waals surface area contributed by atoms with Gasteiger partial charge in [-0.1, -0.05) is 18.2 Å². The number of ether oxygens (including phenoxy) is 2. The molecule has 0 saturated heterocycles. The van der Waals surface area contributed by atoms with Crippen LogP contribution in [0.3, 0.4) is 0 Å². The number of benzene rings is 1. The summed E-state index contributed by atoms with van der Waals surface area (Å²) in [6.07, 6.45) is 5.38. The van der Waals surface area contributed by atoms with Crippen LogP contribution in [0, 0.1) is 0 Å². The van der Waals surface area contributed by atoms with Gasteiger partial charge in [0.1, 0.15) is 6.10 Å². The minimum absolute atomic E-state index is 0.00838. The molecule has 3 aliphatic rings. The molecule has 3 atom stereocenters. The topological polar surface area (TPSA) is 41.9 Å². The Morgan fingerprint density at radius 3 is 3.10 bits per heavy atom. The number of aliphatic hydroxyl groups is 1. The van der Waals surface area contributed by atoms with E-state index in [1.165, 1.54) is 11.1 Å². The van der Waals surface area contributed by atoms with Gasteiger partial charge in [-0.25, -0.2) is 0 Å².